The Morgan fingerprint density at radius 1 is 1.59 bits per heavy atom. The van der Waals surface area contributed by atoms with Gasteiger partial charge in [0, 0.05) is 13.7 Å². The first kappa shape index (κ1) is 12.5. The molecule has 5 nitrogen and oxygen atoms in total. The van der Waals surface area contributed by atoms with Gasteiger partial charge in [0.2, 0.25) is 0 Å². The summed E-state index contributed by atoms with van der Waals surface area (Å²) < 4.78 is 7.72. The molecule has 0 aliphatic carbocycles. The Balaban J connectivity index is 2.09. The third kappa shape index (κ3) is 3.04. The monoisotopic (exact) mass is 238 g/mol. The fourth-order valence-corrected chi connectivity index (χ4v) is 2.33. The minimum absolute atomic E-state index is 0.218. The Bertz CT molecular complexity index is 333. The SMILES string of the molecule is CCCNC(c1cnnn1C)C1CCCCO1. The molecule has 0 spiro atoms. The first-order chi connectivity index (χ1) is 8.33. The van der Waals surface area contributed by atoms with Gasteiger partial charge in [-0.05, 0) is 32.2 Å². The second kappa shape index (κ2) is 6.12. The van der Waals surface area contributed by atoms with Gasteiger partial charge in [-0.15, -0.1) is 5.10 Å². The quantitative estimate of drug-likeness (QED) is 0.843. The van der Waals surface area contributed by atoms with E-state index in [1.165, 1.54) is 12.8 Å². The van der Waals surface area contributed by atoms with Crippen LogP contribution in [0.3, 0.4) is 0 Å². The average molecular weight is 238 g/mol. The van der Waals surface area contributed by atoms with Crippen LogP contribution in [0, 0.1) is 0 Å². The summed E-state index contributed by atoms with van der Waals surface area (Å²) in [5.74, 6) is 0. The second-order valence-electron chi connectivity index (χ2n) is 4.62. The van der Waals surface area contributed by atoms with Crippen molar-refractivity contribution in [3.05, 3.63) is 11.9 Å². The highest BCUT2D eigenvalue weighted by Crippen LogP contribution is 2.25. The molecule has 0 bridgehead atoms. The summed E-state index contributed by atoms with van der Waals surface area (Å²) in [6.45, 7) is 4.04. The summed E-state index contributed by atoms with van der Waals surface area (Å²) in [5.41, 5.74) is 1.12. The van der Waals surface area contributed by atoms with Crippen LogP contribution in [-0.2, 0) is 11.8 Å². The molecule has 0 aromatic carbocycles. The van der Waals surface area contributed by atoms with Gasteiger partial charge in [-0.2, -0.15) is 0 Å². The molecule has 5 heteroatoms. The largest absolute Gasteiger partial charge is 0.376 e. The highest BCUT2D eigenvalue weighted by molar-refractivity contribution is 5.05. The van der Waals surface area contributed by atoms with Crippen molar-refractivity contribution in [3.63, 3.8) is 0 Å². The smallest absolute Gasteiger partial charge is 0.0785 e. The van der Waals surface area contributed by atoms with Crippen LogP contribution in [0.4, 0.5) is 0 Å². The number of rotatable bonds is 5. The number of nitrogens with one attached hydrogen (secondary N) is 1. The van der Waals surface area contributed by atoms with Crippen LogP contribution in [0.5, 0.6) is 0 Å². The molecule has 0 amide bonds. The summed E-state index contributed by atoms with van der Waals surface area (Å²) in [7, 11) is 1.94. The van der Waals surface area contributed by atoms with Crippen LogP contribution < -0.4 is 5.32 Å². The van der Waals surface area contributed by atoms with Crippen molar-refractivity contribution in [2.75, 3.05) is 13.2 Å². The Kier molecular flexibility index (Phi) is 4.50. The van der Waals surface area contributed by atoms with Crippen LogP contribution in [0.1, 0.15) is 44.3 Å². The molecule has 2 heterocycles. The zero-order valence-electron chi connectivity index (χ0n) is 10.7. The lowest BCUT2D eigenvalue weighted by molar-refractivity contribution is -0.00978. The number of aryl methyl sites for hydroxylation is 1. The lowest BCUT2D eigenvalue weighted by Crippen LogP contribution is -2.37. The highest BCUT2D eigenvalue weighted by atomic mass is 16.5. The number of hydrogen-bond acceptors (Lipinski definition) is 4. The van der Waals surface area contributed by atoms with Crippen LogP contribution in [0.2, 0.25) is 0 Å². The predicted octanol–water partition coefficient (Wildman–Crippen LogP) is 1.42. The molecule has 1 aromatic rings. The average Bonchev–Trinajstić information content (AvgIpc) is 2.78. The maximum atomic E-state index is 5.88. The standard InChI is InChI=1S/C12H22N4O/c1-3-7-13-12(10-9-14-15-16(10)2)11-6-4-5-8-17-11/h9,11-13H,3-8H2,1-2H3. The first-order valence-corrected chi connectivity index (χ1v) is 6.52. The zero-order chi connectivity index (χ0) is 12.1. The molecule has 1 aliphatic heterocycles. The van der Waals surface area contributed by atoms with Gasteiger partial charge in [0.15, 0.2) is 0 Å². The van der Waals surface area contributed by atoms with Crippen molar-refractivity contribution in [1.29, 1.82) is 0 Å². The van der Waals surface area contributed by atoms with Crippen molar-refractivity contribution in [1.82, 2.24) is 20.3 Å². The van der Waals surface area contributed by atoms with Crippen LogP contribution >= 0.6 is 0 Å². The van der Waals surface area contributed by atoms with Crippen molar-refractivity contribution >= 4 is 0 Å². The molecule has 2 atom stereocenters. The van der Waals surface area contributed by atoms with E-state index in [0.29, 0.717) is 0 Å². The van der Waals surface area contributed by atoms with Gasteiger partial charge in [-0.25, -0.2) is 0 Å². The molecule has 96 valence electrons. The number of hydrogen-bond donors (Lipinski definition) is 1. The van der Waals surface area contributed by atoms with Crippen molar-refractivity contribution < 1.29 is 4.74 Å². The lowest BCUT2D eigenvalue weighted by atomic mass is 9.99. The Morgan fingerprint density at radius 3 is 3.06 bits per heavy atom. The summed E-state index contributed by atoms with van der Waals surface area (Å²) >= 11 is 0. The summed E-state index contributed by atoms with van der Waals surface area (Å²) in [6, 6.07) is 0.218. The van der Waals surface area contributed by atoms with E-state index in [0.717, 1.165) is 31.7 Å². The molecular weight excluding hydrogens is 216 g/mol. The summed E-state index contributed by atoms with van der Waals surface area (Å²) in [4.78, 5) is 0. The number of aromatic nitrogens is 3. The van der Waals surface area contributed by atoms with E-state index in [1.807, 2.05) is 17.9 Å². The first-order valence-electron chi connectivity index (χ1n) is 6.52. The van der Waals surface area contributed by atoms with E-state index >= 15 is 0 Å². The number of nitrogens with zero attached hydrogens (tertiary/aromatic N) is 3. The third-order valence-electron chi connectivity index (χ3n) is 3.27. The van der Waals surface area contributed by atoms with E-state index in [1.54, 1.807) is 0 Å². The van der Waals surface area contributed by atoms with Gasteiger partial charge >= 0.3 is 0 Å². The van der Waals surface area contributed by atoms with Gasteiger partial charge in [-0.1, -0.05) is 12.1 Å². The maximum absolute atomic E-state index is 5.88. The molecule has 0 radical (unpaired) electrons. The molecule has 1 aromatic heterocycles. The lowest BCUT2D eigenvalue weighted by Gasteiger charge is -2.31. The van der Waals surface area contributed by atoms with Gasteiger partial charge < -0.3 is 10.1 Å². The van der Waals surface area contributed by atoms with Gasteiger partial charge in [0.05, 0.1) is 24.0 Å². The summed E-state index contributed by atoms with van der Waals surface area (Å²) in [6.07, 6.45) is 6.76. The molecule has 1 N–H and O–H groups in total. The Morgan fingerprint density at radius 2 is 2.47 bits per heavy atom. The molecule has 17 heavy (non-hydrogen) atoms. The molecule has 1 aliphatic rings. The van der Waals surface area contributed by atoms with Gasteiger partial charge in [0.25, 0.3) is 0 Å². The molecule has 0 saturated carbocycles. The van der Waals surface area contributed by atoms with Gasteiger partial charge in [-0.3, -0.25) is 4.68 Å². The van der Waals surface area contributed by atoms with E-state index in [4.69, 9.17) is 4.74 Å². The van der Waals surface area contributed by atoms with Crippen LogP contribution in [0.25, 0.3) is 0 Å². The van der Waals surface area contributed by atoms with Crippen molar-refractivity contribution in [2.45, 2.75) is 44.8 Å². The molecule has 1 fully saturated rings. The van der Waals surface area contributed by atoms with Crippen molar-refractivity contribution in [2.24, 2.45) is 7.05 Å². The van der Waals surface area contributed by atoms with E-state index in [2.05, 4.69) is 22.6 Å². The topological polar surface area (TPSA) is 52.0 Å². The van der Waals surface area contributed by atoms with Gasteiger partial charge in [0.1, 0.15) is 0 Å². The number of ether oxygens (including phenoxy) is 1. The van der Waals surface area contributed by atoms with E-state index in [-0.39, 0.29) is 12.1 Å². The Labute approximate surface area is 103 Å². The molecule has 1 saturated heterocycles. The second-order valence-corrected chi connectivity index (χ2v) is 4.62. The minimum atomic E-state index is 0.218. The minimum Gasteiger partial charge on any atom is -0.376 e. The predicted molar refractivity (Wildman–Crippen MR) is 65.6 cm³/mol. The molecular formula is C12H22N4O. The normalized spacial score (nSPS) is 22.6. The summed E-state index contributed by atoms with van der Waals surface area (Å²) in [5, 5.41) is 11.5. The maximum Gasteiger partial charge on any atom is 0.0785 e. The van der Waals surface area contributed by atoms with Crippen molar-refractivity contribution in [3.8, 4) is 0 Å². The fraction of sp³-hybridized carbons (Fsp3) is 0.833. The Hall–Kier alpha value is -0.940. The van der Waals surface area contributed by atoms with E-state index < -0.39 is 0 Å². The van der Waals surface area contributed by atoms with Crippen LogP contribution in [-0.4, -0.2) is 34.2 Å². The fourth-order valence-electron chi connectivity index (χ4n) is 2.33. The van der Waals surface area contributed by atoms with E-state index in [9.17, 15) is 0 Å². The zero-order valence-corrected chi connectivity index (χ0v) is 10.7. The van der Waals surface area contributed by atoms with Crippen LogP contribution in [0.15, 0.2) is 6.20 Å². The third-order valence-corrected chi connectivity index (χ3v) is 3.27. The molecule has 2 rings (SSSR count). The molecule has 2 unspecified atom stereocenters. The highest BCUT2D eigenvalue weighted by Gasteiger charge is 2.27.